The summed E-state index contributed by atoms with van der Waals surface area (Å²) in [7, 11) is 0. The van der Waals surface area contributed by atoms with Crippen LogP contribution < -0.4 is 5.32 Å². The minimum absolute atomic E-state index is 0.0551. The summed E-state index contributed by atoms with van der Waals surface area (Å²) < 4.78 is 0. The van der Waals surface area contributed by atoms with Crippen LogP contribution >= 0.6 is 0 Å². The first-order chi connectivity index (χ1) is 11.6. The van der Waals surface area contributed by atoms with Crippen molar-refractivity contribution in [1.29, 1.82) is 0 Å². The van der Waals surface area contributed by atoms with Gasteiger partial charge < -0.3 is 10.2 Å². The van der Waals surface area contributed by atoms with Gasteiger partial charge in [-0.25, -0.2) is 0 Å². The number of carbonyl (C=O) groups is 4. The second-order valence-electron chi connectivity index (χ2n) is 8.33. The molecular weight excluding hydrogens is 326 g/mol. The number of rotatable bonds is 6. The molecule has 7 heteroatoms. The molecule has 3 N–H and O–H groups in total. The Hall–Kier alpha value is -1.92. The molecule has 0 unspecified atom stereocenters. The fourth-order valence-corrected chi connectivity index (χ4v) is 6.16. The summed E-state index contributed by atoms with van der Waals surface area (Å²) in [6.45, 7) is 3.76. The van der Waals surface area contributed by atoms with Gasteiger partial charge >= 0.3 is 11.9 Å². The minimum Gasteiger partial charge on any atom is -0.481 e. The SMILES string of the molecule is CCCC1(C(=O)O)CC23CC(CCC)(C(=O)O)CC2(C1)C(=O)NC3=O. The number of carbonyl (C=O) groups excluding carboxylic acids is 2. The first kappa shape index (κ1) is 17.9. The topological polar surface area (TPSA) is 121 Å². The molecule has 2 amide bonds. The summed E-state index contributed by atoms with van der Waals surface area (Å²) in [6, 6.07) is 0. The molecule has 138 valence electrons. The van der Waals surface area contributed by atoms with E-state index in [4.69, 9.17) is 0 Å². The maximum absolute atomic E-state index is 12.8. The first-order valence-corrected chi connectivity index (χ1v) is 8.96. The van der Waals surface area contributed by atoms with Gasteiger partial charge in [-0.2, -0.15) is 0 Å². The van der Waals surface area contributed by atoms with E-state index in [0.29, 0.717) is 25.7 Å². The van der Waals surface area contributed by atoms with Crippen molar-refractivity contribution in [2.24, 2.45) is 21.7 Å². The van der Waals surface area contributed by atoms with Crippen molar-refractivity contribution in [1.82, 2.24) is 5.32 Å². The number of hydrogen-bond donors (Lipinski definition) is 3. The van der Waals surface area contributed by atoms with E-state index in [2.05, 4.69) is 5.32 Å². The molecule has 7 nitrogen and oxygen atoms in total. The molecule has 0 atom stereocenters. The lowest BCUT2D eigenvalue weighted by Crippen LogP contribution is -2.42. The Bertz CT molecular complexity index is 598. The number of amides is 2. The van der Waals surface area contributed by atoms with Crippen LogP contribution in [0.15, 0.2) is 0 Å². The fraction of sp³-hybridized carbons (Fsp3) is 0.778. The maximum Gasteiger partial charge on any atom is 0.309 e. The van der Waals surface area contributed by atoms with Crippen LogP contribution in [0, 0.1) is 21.7 Å². The molecule has 0 spiro atoms. The second kappa shape index (κ2) is 5.29. The largest absolute Gasteiger partial charge is 0.481 e. The maximum atomic E-state index is 12.8. The normalized spacial score (nSPS) is 42.2. The molecule has 2 saturated carbocycles. The van der Waals surface area contributed by atoms with Gasteiger partial charge in [0.25, 0.3) is 0 Å². The molecule has 0 aromatic carbocycles. The van der Waals surface area contributed by atoms with E-state index >= 15 is 0 Å². The summed E-state index contributed by atoms with van der Waals surface area (Å²) >= 11 is 0. The highest BCUT2D eigenvalue weighted by atomic mass is 16.4. The highest BCUT2D eigenvalue weighted by molar-refractivity contribution is 6.12. The Kier molecular flexibility index (Phi) is 3.78. The van der Waals surface area contributed by atoms with Crippen molar-refractivity contribution in [2.75, 3.05) is 0 Å². The lowest BCUT2D eigenvalue weighted by molar-refractivity contribution is -0.153. The van der Waals surface area contributed by atoms with Gasteiger partial charge in [-0.15, -0.1) is 0 Å². The van der Waals surface area contributed by atoms with Crippen LogP contribution in [0.4, 0.5) is 0 Å². The minimum atomic E-state index is -1.20. The average molecular weight is 351 g/mol. The van der Waals surface area contributed by atoms with E-state index < -0.39 is 45.4 Å². The molecule has 1 aliphatic heterocycles. The lowest BCUT2D eigenvalue weighted by atomic mass is 9.70. The molecule has 2 aliphatic carbocycles. The molecule has 3 fully saturated rings. The van der Waals surface area contributed by atoms with Gasteiger partial charge in [0.1, 0.15) is 0 Å². The Balaban J connectivity index is 2.14. The molecule has 1 saturated heterocycles. The molecule has 0 radical (unpaired) electrons. The quantitative estimate of drug-likeness (QED) is 0.629. The second-order valence-corrected chi connectivity index (χ2v) is 8.33. The number of nitrogens with one attached hydrogen (secondary N) is 1. The Morgan fingerprint density at radius 3 is 1.40 bits per heavy atom. The van der Waals surface area contributed by atoms with Gasteiger partial charge in [0.2, 0.25) is 11.8 Å². The fourth-order valence-electron chi connectivity index (χ4n) is 6.16. The van der Waals surface area contributed by atoms with Crippen LogP contribution in [0.5, 0.6) is 0 Å². The van der Waals surface area contributed by atoms with Crippen molar-refractivity contribution in [3.05, 3.63) is 0 Å². The Morgan fingerprint density at radius 2 is 1.16 bits per heavy atom. The standard InChI is InChI=1S/C18H25NO6/c1-3-5-15(13(22)23)7-17-9-16(6-4-2,14(24)25)10-18(17,8-15)12(21)19-11(17)20/h3-10H2,1-2H3,(H,22,23)(H,24,25)(H,19,20,21). The summed E-state index contributed by atoms with van der Waals surface area (Å²) in [6.07, 6.45) is 2.26. The Labute approximate surface area is 146 Å². The third-order valence-electron chi connectivity index (χ3n) is 6.94. The molecule has 25 heavy (non-hydrogen) atoms. The number of hydrogen-bond acceptors (Lipinski definition) is 4. The molecule has 0 aromatic heterocycles. The van der Waals surface area contributed by atoms with Crippen LogP contribution in [-0.4, -0.2) is 34.0 Å². The predicted octanol–water partition coefficient (Wildman–Crippen LogP) is 1.95. The van der Waals surface area contributed by atoms with Crippen molar-refractivity contribution < 1.29 is 29.4 Å². The molecule has 3 rings (SSSR count). The zero-order chi connectivity index (χ0) is 18.7. The lowest BCUT2D eigenvalue weighted by Gasteiger charge is -2.33. The van der Waals surface area contributed by atoms with Gasteiger partial charge in [-0.1, -0.05) is 26.7 Å². The van der Waals surface area contributed by atoms with Crippen molar-refractivity contribution in [3.8, 4) is 0 Å². The molecular formula is C18H25NO6. The van der Waals surface area contributed by atoms with E-state index in [0.717, 1.165) is 0 Å². The van der Waals surface area contributed by atoms with Crippen molar-refractivity contribution in [2.45, 2.75) is 65.2 Å². The van der Waals surface area contributed by atoms with Crippen molar-refractivity contribution >= 4 is 23.8 Å². The predicted molar refractivity (Wildman–Crippen MR) is 86.4 cm³/mol. The van der Waals surface area contributed by atoms with E-state index in [9.17, 15) is 29.4 Å². The molecule has 1 heterocycles. The first-order valence-electron chi connectivity index (χ1n) is 8.96. The zero-order valence-corrected chi connectivity index (χ0v) is 14.7. The van der Waals surface area contributed by atoms with E-state index in [1.165, 1.54) is 0 Å². The van der Waals surface area contributed by atoms with Gasteiger partial charge in [-0.3, -0.25) is 24.5 Å². The third kappa shape index (κ3) is 1.98. The number of aliphatic carboxylic acids is 2. The van der Waals surface area contributed by atoms with E-state index in [1.807, 2.05) is 13.8 Å². The monoisotopic (exact) mass is 351 g/mol. The molecule has 0 bridgehead atoms. The van der Waals surface area contributed by atoms with Crippen LogP contribution in [0.2, 0.25) is 0 Å². The zero-order valence-electron chi connectivity index (χ0n) is 14.7. The van der Waals surface area contributed by atoms with Gasteiger partial charge in [0.05, 0.1) is 21.7 Å². The van der Waals surface area contributed by atoms with E-state index in [-0.39, 0.29) is 25.7 Å². The van der Waals surface area contributed by atoms with Crippen LogP contribution in [0.25, 0.3) is 0 Å². The number of carboxylic acid groups (broad SMARTS) is 2. The summed E-state index contributed by atoms with van der Waals surface area (Å²) in [5.74, 6) is -2.92. The molecule has 0 aromatic rings. The van der Waals surface area contributed by atoms with Crippen LogP contribution in [0.1, 0.15) is 65.2 Å². The average Bonchev–Trinajstić information content (AvgIpc) is 3.00. The highest BCUT2D eigenvalue weighted by Crippen LogP contribution is 2.75. The number of imide groups is 1. The van der Waals surface area contributed by atoms with Crippen LogP contribution in [-0.2, 0) is 19.2 Å². The van der Waals surface area contributed by atoms with Gasteiger partial charge in [0, 0.05) is 0 Å². The smallest absolute Gasteiger partial charge is 0.309 e. The van der Waals surface area contributed by atoms with Crippen molar-refractivity contribution in [3.63, 3.8) is 0 Å². The Morgan fingerprint density at radius 1 is 0.840 bits per heavy atom. The van der Waals surface area contributed by atoms with E-state index in [1.54, 1.807) is 0 Å². The summed E-state index contributed by atoms with van der Waals surface area (Å²) in [4.78, 5) is 49.6. The summed E-state index contributed by atoms with van der Waals surface area (Å²) in [5, 5.41) is 22.1. The highest BCUT2D eigenvalue weighted by Gasteiger charge is 2.81. The third-order valence-corrected chi connectivity index (χ3v) is 6.94. The molecule has 3 aliphatic rings. The number of carboxylic acids is 2. The van der Waals surface area contributed by atoms with Gasteiger partial charge in [-0.05, 0) is 38.5 Å². The van der Waals surface area contributed by atoms with Gasteiger partial charge in [0.15, 0.2) is 0 Å². The summed E-state index contributed by atoms with van der Waals surface area (Å²) in [5.41, 5.74) is -4.66. The van der Waals surface area contributed by atoms with Crippen LogP contribution in [0.3, 0.4) is 0 Å².